The van der Waals surface area contributed by atoms with Gasteiger partial charge in [0, 0.05) is 17.8 Å². The number of carbonyl (C=O) groups excluding carboxylic acids is 1. The van der Waals surface area contributed by atoms with Gasteiger partial charge >= 0.3 is 6.03 Å². The zero-order chi connectivity index (χ0) is 17.7. The molecule has 0 unspecified atom stereocenters. The molecule has 1 saturated heterocycles. The first-order valence-electron chi connectivity index (χ1n) is 7.70. The largest absolute Gasteiger partial charge is 0.323 e. The van der Waals surface area contributed by atoms with Crippen molar-refractivity contribution in [3.8, 4) is 0 Å². The minimum absolute atomic E-state index is 0.0351. The van der Waals surface area contributed by atoms with E-state index in [0.717, 1.165) is 18.1 Å². The van der Waals surface area contributed by atoms with Gasteiger partial charge in [0.2, 0.25) is 5.95 Å². The second-order valence-electron chi connectivity index (χ2n) is 6.05. The van der Waals surface area contributed by atoms with Crippen LogP contribution in [0.25, 0.3) is 0 Å². The first-order valence-corrected chi connectivity index (χ1v) is 8.45. The van der Waals surface area contributed by atoms with Gasteiger partial charge in [-0.05, 0) is 37.0 Å². The van der Waals surface area contributed by atoms with E-state index < -0.39 is 17.8 Å². The van der Waals surface area contributed by atoms with Crippen LogP contribution in [0, 0.1) is 11.8 Å². The summed E-state index contributed by atoms with van der Waals surface area (Å²) in [7, 11) is 0. The minimum atomic E-state index is -0.775. The molecule has 4 rings (SSSR count). The van der Waals surface area contributed by atoms with E-state index in [1.807, 2.05) is 0 Å². The van der Waals surface area contributed by atoms with E-state index in [4.69, 9.17) is 23.2 Å². The molecule has 2 bridgehead atoms. The minimum Gasteiger partial charge on any atom is -0.314 e. The van der Waals surface area contributed by atoms with Crippen LogP contribution in [-0.4, -0.2) is 26.9 Å². The summed E-state index contributed by atoms with van der Waals surface area (Å²) in [5, 5.41) is 2.31. The molecule has 9 heteroatoms. The Balaban J connectivity index is 1.63. The number of pyridine rings is 2. The molecular weight excluding hydrogens is 373 g/mol. The Morgan fingerprint density at radius 2 is 2.12 bits per heavy atom. The first-order chi connectivity index (χ1) is 12.0. The van der Waals surface area contributed by atoms with Gasteiger partial charge in [-0.1, -0.05) is 23.2 Å². The number of halogens is 4. The second-order valence-corrected chi connectivity index (χ2v) is 6.81. The zero-order valence-electron chi connectivity index (χ0n) is 12.8. The molecule has 2 aromatic heterocycles. The van der Waals surface area contributed by atoms with Crippen LogP contribution in [0.15, 0.2) is 18.3 Å². The van der Waals surface area contributed by atoms with Gasteiger partial charge in [0.1, 0.15) is 5.15 Å². The number of nitrogens with one attached hydrogen (secondary N) is 1. The highest BCUT2D eigenvalue weighted by Gasteiger charge is 2.43. The van der Waals surface area contributed by atoms with Gasteiger partial charge < -0.3 is 4.90 Å². The molecule has 2 atom stereocenters. The molecule has 2 aliphatic heterocycles. The molecule has 2 amide bonds. The van der Waals surface area contributed by atoms with Gasteiger partial charge in [-0.2, -0.15) is 4.39 Å². The maximum Gasteiger partial charge on any atom is 0.323 e. The normalized spacial score (nSPS) is 21.2. The number of aromatic nitrogens is 2. The molecule has 0 spiro atoms. The second kappa shape index (κ2) is 6.07. The van der Waals surface area contributed by atoms with E-state index in [0.29, 0.717) is 18.4 Å². The summed E-state index contributed by atoms with van der Waals surface area (Å²) in [6.45, 7) is 0. The van der Waals surface area contributed by atoms with Gasteiger partial charge in [0.25, 0.3) is 0 Å². The molecule has 1 N–H and O–H groups in total. The number of nitrogens with zero attached hydrogens (tertiary/aromatic N) is 3. The van der Waals surface area contributed by atoms with Crippen molar-refractivity contribution in [2.45, 2.75) is 31.3 Å². The standard InChI is InChI=1S/C16H12Cl2F2N4O/c17-10-6-11(19)15(22-13(10)18)23-16(25)24-7-1-2-12(24)8-3-4-21-14(20)9(8)5-7/h3-4,6-7,12H,1-2,5H2,(H,22,23,25)/t7-,12+/m0/s1. The molecule has 0 radical (unpaired) electrons. The SMILES string of the molecule is O=C(Nc1nc(Cl)c(Cl)cc1F)N1[C@H]2CC[C@@H]1c1ccnc(F)c1C2. The van der Waals surface area contributed by atoms with Gasteiger partial charge in [-0.25, -0.2) is 19.2 Å². The fourth-order valence-corrected chi connectivity index (χ4v) is 3.90. The lowest BCUT2D eigenvalue weighted by Gasteiger charge is -2.36. The van der Waals surface area contributed by atoms with Crippen molar-refractivity contribution in [1.82, 2.24) is 14.9 Å². The highest BCUT2D eigenvalue weighted by atomic mass is 35.5. The smallest absolute Gasteiger partial charge is 0.314 e. The molecule has 130 valence electrons. The summed E-state index contributed by atoms with van der Waals surface area (Å²) in [5.74, 6) is -1.56. The number of carbonyl (C=O) groups is 1. The number of amides is 2. The Morgan fingerprint density at radius 3 is 2.92 bits per heavy atom. The Hall–Kier alpha value is -1.99. The molecule has 4 heterocycles. The summed E-state index contributed by atoms with van der Waals surface area (Å²) >= 11 is 11.5. The Kier molecular flexibility index (Phi) is 4.00. The number of hydrogen-bond donors (Lipinski definition) is 1. The lowest BCUT2D eigenvalue weighted by atomic mass is 9.95. The van der Waals surface area contributed by atoms with E-state index in [-0.39, 0.29) is 28.1 Å². The van der Waals surface area contributed by atoms with Gasteiger partial charge in [-0.3, -0.25) is 5.32 Å². The lowest BCUT2D eigenvalue weighted by molar-refractivity contribution is 0.178. The summed E-state index contributed by atoms with van der Waals surface area (Å²) in [6, 6.07) is 1.79. The van der Waals surface area contributed by atoms with Crippen molar-refractivity contribution in [2.75, 3.05) is 5.32 Å². The van der Waals surface area contributed by atoms with E-state index in [9.17, 15) is 13.6 Å². The summed E-state index contributed by atoms with van der Waals surface area (Å²) in [5.41, 5.74) is 1.30. The van der Waals surface area contributed by atoms with Crippen molar-refractivity contribution < 1.29 is 13.6 Å². The molecule has 0 aliphatic carbocycles. The van der Waals surface area contributed by atoms with Crippen LogP contribution in [0.1, 0.15) is 30.0 Å². The van der Waals surface area contributed by atoms with Crippen LogP contribution in [0.2, 0.25) is 10.2 Å². The van der Waals surface area contributed by atoms with Crippen LogP contribution >= 0.6 is 23.2 Å². The van der Waals surface area contributed by atoms with Crippen LogP contribution in [0.4, 0.5) is 19.4 Å². The molecule has 0 aromatic carbocycles. The fraction of sp³-hybridized carbons (Fsp3) is 0.312. The van der Waals surface area contributed by atoms with Crippen molar-refractivity contribution in [3.63, 3.8) is 0 Å². The predicted octanol–water partition coefficient (Wildman–Crippen LogP) is 4.36. The maximum atomic E-state index is 14.0. The third kappa shape index (κ3) is 2.71. The quantitative estimate of drug-likeness (QED) is 0.743. The lowest BCUT2D eigenvalue weighted by Crippen LogP contribution is -2.44. The summed E-state index contributed by atoms with van der Waals surface area (Å²) in [4.78, 5) is 21.8. The zero-order valence-corrected chi connectivity index (χ0v) is 14.3. The molecule has 2 aliphatic rings. The van der Waals surface area contributed by atoms with Gasteiger partial charge in [0.05, 0.1) is 11.1 Å². The Morgan fingerprint density at radius 1 is 1.32 bits per heavy atom. The van der Waals surface area contributed by atoms with Crippen LogP contribution < -0.4 is 5.32 Å². The van der Waals surface area contributed by atoms with Crippen LogP contribution in [0.5, 0.6) is 0 Å². The third-order valence-corrected chi connectivity index (χ3v) is 5.36. The van der Waals surface area contributed by atoms with Crippen molar-refractivity contribution in [3.05, 3.63) is 51.4 Å². The van der Waals surface area contributed by atoms with Gasteiger partial charge in [-0.15, -0.1) is 0 Å². The fourth-order valence-electron chi connectivity index (χ4n) is 3.62. The Bertz CT molecular complexity index is 879. The van der Waals surface area contributed by atoms with Crippen molar-refractivity contribution in [2.24, 2.45) is 0 Å². The molecule has 0 saturated carbocycles. The highest BCUT2D eigenvalue weighted by Crippen LogP contribution is 2.44. The Labute approximate surface area is 152 Å². The van der Waals surface area contributed by atoms with Crippen molar-refractivity contribution >= 4 is 35.1 Å². The highest BCUT2D eigenvalue weighted by molar-refractivity contribution is 6.41. The number of urea groups is 1. The maximum absolute atomic E-state index is 14.0. The van der Waals surface area contributed by atoms with Crippen LogP contribution in [-0.2, 0) is 6.42 Å². The predicted molar refractivity (Wildman–Crippen MR) is 88.7 cm³/mol. The summed E-state index contributed by atoms with van der Waals surface area (Å²) in [6.07, 6.45) is 3.23. The third-order valence-electron chi connectivity index (χ3n) is 4.69. The number of fused-ring (bicyclic) bond motifs is 4. The monoisotopic (exact) mass is 384 g/mol. The first kappa shape index (κ1) is 16.5. The van der Waals surface area contributed by atoms with E-state index >= 15 is 0 Å². The van der Waals surface area contributed by atoms with E-state index in [1.165, 1.54) is 6.20 Å². The van der Waals surface area contributed by atoms with Crippen LogP contribution in [0.3, 0.4) is 0 Å². The molecule has 1 fully saturated rings. The summed E-state index contributed by atoms with van der Waals surface area (Å²) < 4.78 is 27.9. The molecule has 2 aromatic rings. The van der Waals surface area contributed by atoms with Crippen molar-refractivity contribution in [1.29, 1.82) is 0 Å². The number of hydrogen-bond acceptors (Lipinski definition) is 3. The van der Waals surface area contributed by atoms with E-state index in [1.54, 1.807) is 11.0 Å². The number of rotatable bonds is 1. The van der Waals surface area contributed by atoms with Gasteiger partial charge in [0.15, 0.2) is 11.6 Å². The topological polar surface area (TPSA) is 58.1 Å². The average molecular weight is 385 g/mol. The van der Waals surface area contributed by atoms with E-state index in [2.05, 4.69) is 15.3 Å². The molecular formula is C16H12Cl2F2N4O. The number of anilines is 1. The molecule has 5 nitrogen and oxygen atoms in total. The molecule has 25 heavy (non-hydrogen) atoms. The average Bonchev–Trinajstić information content (AvgIpc) is 2.89.